The van der Waals surface area contributed by atoms with E-state index in [1.54, 1.807) is 24.9 Å². The highest BCUT2D eigenvalue weighted by molar-refractivity contribution is 7.59. The highest BCUT2D eigenvalue weighted by Crippen LogP contribution is 2.35. The van der Waals surface area contributed by atoms with Gasteiger partial charge in [-0.25, -0.2) is 15.0 Å². The van der Waals surface area contributed by atoms with Crippen LogP contribution in [0.25, 0.3) is 22.3 Å². The van der Waals surface area contributed by atoms with Crippen LogP contribution in [0.4, 0.5) is 5.82 Å². The summed E-state index contributed by atoms with van der Waals surface area (Å²) >= 11 is 0. The van der Waals surface area contributed by atoms with Crippen LogP contribution in [0.1, 0.15) is 18.4 Å². The van der Waals surface area contributed by atoms with Crippen molar-refractivity contribution >= 4 is 30.3 Å². The highest BCUT2D eigenvalue weighted by Gasteiger charge is 2.20. The monoisotopic (exact) mass is 434 g/mol. The number of anilines is 1. The zero-order valence-corrected chi connectivity index (χ0v) is 17.9. The molecule has 5 rings (SSSR count). The molecular weight excluding hydrogens is 412 g/mol. The van der Waals surface area contributed by atoms with Crippen LogP contribution in [-0.4, -0.2) is 44.7 Å². The van der Waals surface area contributed by atoms with Gasteiger partial charge in [0.2, 0.25) is 0 Å². The number of nitrogens with zero attached hydrogens (tertiary/aromatic N) is 5. The first-order chi connectivity index (χ1) is 14.8. The summed E-state index contributed by atoms with van der Waals surface area (Å²) in [6, 6.07) is 9.83. The summed E-state index contributed by atoms with van der Waals surface area (Å²) in [5, 5.41) is 3.40. The molecular formula is C22H22N6O2S. The first-order valence-corrected chi connectivity index (χ1v) is 9.79. The van der Waals surface area contributed by atoms with E-state index in [4.69, 9.17) is 9.47 Å². The summed E-state index contributed by atoms with van der Waals surface area (Å²) in [7, 11) is 0. The van der Waals surface area contributed by atoms with Crippen molar-refractivity contribution in [2.75, 3.05) is 25.1 Å². The molecule has 0 unspecified atom stereocenters. The summed E-state index contributed by atoms with van der Waals surface area (Å²) in [5.41, 5.74) is 4.55. The molecule has 1 aromatic carbocycles. The molecule has 3 aromatic heterocycles. The lowest BCUT2D eigenvalue weighted by Gasteiger charge is -2.22. The molecule has 1 N–H and O–H groups in total. The van der Waals surface area contributed by atoms with Gasteiger partial charge in [0, 0.05) is 48.2 Å². The van der Waals surface area contributed by atoms with E-state index >= 15 is 0 Å². The van der Waals surface area contributed by atoms with Gasteiger partial charge in [0.25, 0.3) is 5.88 Å². The number of pyridine rings is 1. The third-order valence-corrected chi connectivity index (χ3v) is 5.02. The molecule has 158 valence electrons. The molecule has 1 aliphatic heterocycles. The van der Waals surface area contributed by atoms with Crippen molar-refractivity contribution in [2.45, 2.75) is 12.8 Å². The van der Waals surface area contributed by atoms with Crippen molar-refractivity contribution in [1.82, 2.24) is 24.9 Å². The molecule has 9 heteroatoms. The fraction of sp³-hybridized carbons (Fsp3) is 0.227. The van der Waals surface area contributed by atoms with Crippen LogP contribution in [0.3, 0.4) is 0 Å². The van der Waals surface area contributed by atoms with E-state index < -0.39 is 0 Å². The highest BCUT2D eigenvalue weighted by atomic mass is 32.1. The molecule has 0 radical (unpaired) electrons. The summed E-state index contributed by atoms with van der Waals surface area (Å²) in [6.07, 6.45) is 6.69. The third kappa shape index (κ3) is 4.36. The number of nitrogens with one attached hydrogen (secondary N) is 1. The van der Waals surface area contributed by atoms with Gasteiger partial charge >= 0.3 is 0 Å². The standard InChI is InChI=1S/C22H20N6O2.H2S/c1-14(16-4-5-25-22-21(16)29-8-9-30-22)12-26-20-11-18(27-13-28-20)15-2-3-17-19(10-15)24-7-6-23-17;/h2-7,10-11,13-14H,8-9,12H2,1H3,(H,26,27,28);1H2/t14-;/m1./s1. The van der Waals surface area contributed by atoms with Crippen molar-refractivity contribution in [3.8, 4) is 22.9 Å². The normalized spacial score (nSPS) is 13.3. The minimum absolute atomic E-state index is 0. The molecule has 8 nitrogen and oxygen atoms in total. The summed E-state index contributed by atoms with van der Waals surface area (Å²) in [6.45, 7) is 3.88. The van der Waals surface area contributed by atoms with Crippen molar-refractivity contribution < 1.29 is 9.47 Å². The fourth-order valence-electron chi connectivity index (χ4n) is 3.46. The molecule has 31 heavy (non-hydrogen) atoms. The lowest BCUT2D eigenvalue weighted by Crippen LogP contribution is -2.19. The maximum atomic E-state index is 5.79. The van der Waals surface area contributed by atoms with Gasteiger partial charge in [-0.15, -0.1) is 0 Å². The first-order valence-electron chi connectivity index (χ1n) is 9.79. The third-order valence-electron chi connectivity index (χ3n) is 5.02. The van der Waals surface area contributed by atoms with E-state index in [1.165, 1.54) is 0 Å². The van der Waals surface area contributed by atoms with Gasteiger partial charge in [0.05, 0.1) is 16.7 Å². The molecule has 4 aromatic rings. The van der Waals surface area contributed by atoms with Gasteiger partial charge < -0.3 is 14.8 Å². The van der Waals surface area contributed by atoms with E-state index in [0.29, 0.717) is 25.6 Å². The van der Waals surface area contributed by atoms with Crippen LogP contribution in [0.15, 0.2) is 55.2 Å². The topological polar surface area (TPSA) is 94.9 Å². The van der Waals surface area contributed by atoms with Crippen LogP contribution >= 0.6 is 13.5 Å². The number of fused-ring (bicyclic) bond motifs is 2. The Hall–Kier alpha value is -3.46. The molecule has 0 amide bonds. The van der Waals surface area contributed by atoms with Crippen molar-refractivity contribution in [3.63, 3.8) is 0 Å². The van der Waals surface area contributed by atoms with E-state index in [2.05, 4.69) is 37.2 Å². The fourth-order valence-corrected chi connectivity index (χ4v) is 3.46. The van der Waals surface area contributed by atoms with Gasteiger partial charge in [0.15, 0.2) is 5.75 Å². The first kappa shape index (κ1) is 20.8. The molecule has 0 aliphatic carbocycles. The summed E-state index contributed by atoms with van der Waals surface area (Å²) in [4.78, 5) is 21.7. The van der Waals surface area contributed by atoms with E-state index in [9.17, 15) is 0 Å². The second-order valence-corrected chi connectivity index (χ2v) is 7.06. The zero-order valence-electron chi connectivity index (χ0n) is 16.9. The quantitative estimate of drug-likeness (QED) is 0.509. The molecule has 0 spiro atoms. The second-order valence-electron chi connectivity index (χ2n) is 7.06. The SMILES string of the molecule is C[C@H](CNc1cc(-c2ccc3nccnc3c2)ncn1)c1ccnc2c1OCCO2.S. The van der Waals surface area contributed by atoms with Crippen molar-refractivity contribution in [3.05, 3.63) is 60.8 Å². The van der Waals surface area contributed by atoms with Gasteiger partial charge in [-0.3, -0.25) is 9.97 Å². The maximum absolute atomic E-state index is 5.79. The van der Waals surface area contributed by atoms with Crippen molar-refractivity contribution in [2.24, 2.45) is 0 Å². The average molecular weight is 435 g/mol. The minimum Gasteiger partial charge on any atom is -0.484 e. The predicted octanol–water partition coefficient (Wildman–Crippen LogP) is 3.58. The Balaban J connectivity index is 0.00000231. The Bertz CT molecular complexity index is 1210. The summed E-state index contributed by atoms with van der Waals surface area (Å²) in [5.74, 6) is 2.23. The number of rotatable bonds is 5. The van der Waals surface area contributed by atoms with E-state index in [0.717, 1.165) is 39.4 Å². The van der Waals surface area contributed by atoms with Crippen LogP contribution in [0, 0.1) is 0 Å². The van der Waals surface area contributed by atoms with Gasteiger partial charge in [-0.05, 0) is 18.2 Å². The Morgan fingerprint density at radius 3 is 2.65 bits per heavy atom. The number of hydrogen-bond donors (Lipinski definition) is 1. The average Bonchev–Trinajstić information content (AvgIpc) is 2.82. The number of benzene rings is 1. The zero-order chi connectivity index (χ0) is 20.3. The predicted molar refractivity (Wildman–Crippen MR) is 123 cm³/mol. The maximum Gasteiger partial charge on any atom is 0.257 e. The van der Waals surface area contributed by atoms with Crippen LogP contribution < -0.4 is 14.8 Å². The molecule has 0 bridgehead atoms. The Morgan fingerprint density at radius 2 is 1.74 bits per heavy atom. The van der Waals surface area contributed by atoms with Crippen LogP contribution in [0.2, 0.25) is 0 Å². The smallest absolute Gasteiger partial charge is 0.257 e. The van der Waals surface area contributed by atoms with Gasteiger partial charge in [0.1, 0.15) is 25.4 Å². The van der Waals surface area contributed by atoms with Crippen molar-refractivity contribution in [1.29, 1.82) is 0 Å². The molecule has 0 saturated carbocycles. The number of aromatic nitrogens is 5. The minimum atomic E-state index is 0. The van der Waals surface area contributed by atoms with Crippen LogP contribution in [0.5, 0.6) is 11.6 Å². The lowest BCUT2D eigenvalue weighted by atomic mass is 10.0. The number of ether oxygens (including phenoxy) is 2. The molecule has 1 atom stereocenters. The molecule has 1 aliphatic rings. The largest absolute Gasteiger partial charge is 0.484 e. The Morgan fingerprint density at radius 1 is 0.903 bits per heavy atom. The molecule has 0 saturated heterocycles. The van der Waals surface area contributed by atoms with Gasteiger partial charge in [-0.1, -0.05) is 13.0 Å². The molecule has 0 fully saturated rings. The Kier molecular flexibility index (Phi) is 6.13. The summed E-state index contributed by atoms with van der Waals surface area (Å²) < 4.78 is 11.4. The van der Waals surface area contributed by atoms with Gasteiger partial charge in [-0.2, -0.15) is 13.5 Å². The number of hydrogen-bond acceptors (Lipinski definition) is 8. The van der Waals surface area contributed by atoms with E-state index in [-0.39, 0.29) is 19.4 Å². The van der Waals surface area contributed by atoms with E-state index in [1.807, 2.05) is 30.3 Å². The Labute approximate surface area is 186 Å². The second kappa shape index (κ2) is 9.13. The molecule has 4 heterocycles. The van der Waals surface area contributed by atoms with Crippen LogP contribution in [-0.2, 0) is 0 Å². The lowest BCUT2D eigenvalue weighted by molar-refractivity contribution is 0.162.